The van der Waals surface area contributed by atoms with E-state index >= 15 is 0 Å². The van der Waals surface area contributed by atoms with Gasteiger partial charge in [-0.2, -0.15) is 0 Å². The first-order chi connectivity index (χ1) is 19.9. The standard InChI is InChI=1S/C34H46N4O4/c1-34(2,25-36-32(39)28-17-13-15-27-16-14-18-29(31(27)28)33(36)40)26-38(5,6)22-10-8-7-9-20-37(3,4)21-11-12-23-41-30-19-24-42-35-30/h13-19,24H,7-10,20-23,25-26H2,1-6H3/q+2. The number of hydrogen-bond donors (Lipinski definition) is 0. The van der Waals surface area contributed by atoms with Crippen molar-refractivity contribution < 1.29 is 27.8 Å². The molecule has 0 unspecified atom stereocenters. The second-order valence-corrected chi connectivity index (χ2v) is 13.6. The number of carbonyl (C=O) groups is 2. The first kappa shape index (κ1) is 31.3. The highest BCUT2D eigenvalue weighted by Gasteiger charge is 2.38. The highest BCUT2D eigenvalue weighted by molar-refractivity contribution is 6.25. The summed E-state index contributed by atoms with van der Waals surface area (Å²) in [4.78, 5) is 28.3. The molecule has 4 rings (SSSR count). The van der Waals surface area contributed by atoms with Crippen LogP contribution in [0.4, 0.5) is 0 Å². The van der Waals surface area contributed by atoms with Gasteiger partial charge in [0.05, 0.1) is 47.8 Å². The van der Waals surface area contributed by atoms with E-state index < -0.39 is 0 Å². The summed E-state index contributed by atoms with van der Waals surface area (Å²) in [5.41, 5.74) is 1.02. The van der Waals surface area contributed by atoms with Gasteiger partial charge in [-0.1, -0.05) is 44.0 Å². The highest BCUT2D eigenvalue weighted by Crippen LogP contribution is 2.32. The van der Waals surface area contributed by atoms with Gasteiger partial charge in [0.15, 0.2) is 6.61 Å². The first-order valence-corrected chi connectivity index (χ1v) is 14.9. The van der Waals surface area contributed by atoms with Gasteiger partial charge in [0, 0.05) is 34.5 Å². The van der Waals surface area contributed by atoms with E-state index in [1.807, 2.05) is 36.4 Å². The Labute approximate surface area is 250 Å². The molecule has 8 nitrogen and oxygen atoms in total. The molecule has 0 atom stereocenters. The molecule has 0 radical (unpaired) electrons. The quantitative estimate of drug-likeness (QED) is 0.114. The molecular weight excluding hydrogens is 528 g/mol. The summed E-state index contributed by atoms with van der Waals surface area (Å²) in [7, 11) is 8.93. The van der Waals surface area contributed by atoms with Crippen LogP contribution in [0.25, 0.3) is 10.8 Å². The first-order valence-electron chi connectivity index (χ1n) is 14.9. The van der Waals surface area contributed by atoms with Crippen LogP contribution in [0.2, 0.25) is 0 Å². The van der Waals surface area contributed by atoms with Crippen LogP contribution in [0.1, 0.15) is 60.2 Å². The highest BCUT2D eigenvalue weighted by atomic mass is 16.5. The predicted octanol–water partition coefficient (Wildman–Crippen LogP) is 5.25. The second kappa shape index (κ2) is 13.1. The Kier molecular flexibility index (Phi) is 9.75. The summed E-state index contributed by atoms with van der Waals surface area (Å²) in [5.74, 6) is 6.36. The molecule has 2 heterocycles. The summed E-state index contributed by atoms with van der Waals surface area (Å²) in [6.45, 7) is 8.84. The molecule has 0 fully saturated rings. The average molecular weight is 575 g/mol. The molecular formula is C34H46N4O4+2. The lowest BCUT2D eigenvalue weighted by atomic mass is 9.88. The number of benzene rings is 2. The largest absolute Gasteiger partial charge is 0.462 e. The number of rotatable bonds is 14. The zero-order chi connectivity index (χ0) is 30.4. The zero-order valence-corrected chi connectivity index (χ0v) is 26.1. The lowest BCUT2D eigenvalue weighted by Gasteiger charge is -2.40. The number of imide groups is 1. The smallest absolute Gasteiger partial charge is 0.261 e. The third kappa shape index (κ3) is 8.21. The molecule has 0 bridgehead atoms. The van der Waals surface area contributed by atoms with Gasteiger partial charge in [-0.05, 0) is 54.3 Å². The molecule has 3 aromatic rings. The minimum absolute atomic E-state index is 0.185. The fraction of sp³-hybridized carbons (Fsp3) is 0.500. The van der Waals surface area contributed by atoms with Crippen LogP contribution in [-0.2, 0) is 0 Å². The molecule has 0 spiro atoms. The van der Waals surface area contributed by atoms with Crippen molar-refractivity contribution >= 4 is 22.6 Å². The Balaban J connectivity index is 1.18. The number of hydrogen-bond acceptors (Lipinski definition) is 5. The van der Waals surface area contributed by atoms with E-state index in [1.165, 1.54) is 24.0 Å². The van der Waals surface area contributed by atoms with Crippen molar-refractivity contribution in [1.82, 2.24) is 10.1 Å². The maximum atomic E-state index is 13.4. The number of ether oxygens (including phenoxy) is 1. The predicted molar refractivity (Wildman–Crippen MR) is 165 cm³/mol. The van der Waals surface area contributed by atoms with Crippen molar-refractivity contribution in [3.63, 3.8) is 0 Å². The van der Waals surface area contributed by atoms with Crippen LogP contribution in [0, 0.1) is 17.3 Å². The average Bonchev–Trinajstić information content (AvgIpc) is 3.44. The van der Waals surface area contributed by atoms with Crippen molar-refractivity contribution in [2.75, 3.05) is 67.5 Å². The number of carbonyl (C=O) groups excluding carboxylic acids is 2. The van der Waals surface area contributed by atoms with Crippen molar-refractivity contribution in [2.45, 2.75) is 39.5 Å². The van der Waals surface area contributed by atoms with Gasteiger partial charge >= 0.3 is 0 Å². The summed E-state index contributed by atoms with van der Waals surface area (Å²) in [6.07, 6.45) is 6.16. The number of unbranched alkanes of at least 4 members (excludes halogenated alkanes) is 3. The number of quaternary nitrogens is 2. The Morgan fingerprint density at radius 3 is 2.07 bits per heavy atom. The van der Waals surface area contributed by atoms with Gasteiger partial charge in [0.25, 0.3) is 17.7 Å². The number of aromatic nitrogens is 1. The van der Waals surface area contributed by atoms with E-state index in [0.717, 1.165) is 58.8 Å². The molecule has 1 aliphatic rings. The Morgan fingerprint density at radius 2 is 1.48 bits per heavy atom. The van der Waals surface area contributed by atoms with Crippen molar-refractivity contribution in [1.29, 1.82) is 0 Å². The van der Waals surface area contributed by atoms with Crippen LogP contribution in [-0.4, -0.2) is 98.4 Å². The fourth-order valence-electron chi connectivity index (χ4n) is 6.16. The van der Waals surface area contributed by atoms with Crippen molar-refractivity contribution in [2.24, 2.45) is 5.41 Å². The van der Waals surface area contributed by atoms with E-state index in [-0.39, 0.29) is 17.2 Å². The third-order valence-electron chi connectivity index (χ3n) is 7.91. The lowest BCUT2D eigenvalue weighted by Crippen LogP contribution is -2.52. The van der Waals surface area contributed by atoms with Gasteiger partial charge in [-0.3, -0.25) is 14.5 Å². The van der Waals surface area contributed by atoms with Gasteiger partial charge in [-0.25, -0.2) is 0 Å². The number of nitrogens with zero attached hydrogens (tertiary/aromatic N) is 4. The molecule has 0 N–H and O–H groups in total. The van der Waals surface area contributed by atoms with E-state index in [1.54, 1.807) is 6.07 Å². The summed E-state index contributed by atoms with van der Waals surface area (Å²) < 4.78 is 11.8. The molecule has 2 amide bonds. The molecule has 2 aromatic carbocycles. The van der Waals surface area contributed by atoms with Gasteiger partial charge in [-0.15, -0.1) is 0 Å². The normalized spacial score (nSPS) is 13.8. The van der Waals surface area contributed by atoms with Crippen LogP contribution in [0.15, 0.2) is 53.3 Å². The topological polar surface area (TPSA) is 72.6 Å². The molecule has 1 aromatic heterocycles. The lowest BCUT2D eigenvalue weighted by molar-refractivity contribution is -0.896. The van der Waals surface area contributed by atoms with E-state index in [9.17, 15) is 9.59 Å². The Bertz CT molecular complexity index is 1400. The molecule has 0 saturated heterocycles. The monoisotopic (exact) mass is 574 g/mol. The molecule has 42 heavy (non-hydrogen) atoms. The second-order valence-electron chi connectivity index (χ2n) is 13.6. The van der Waals surface area contributed by atoms with Gasteiger partial charge < -0.3 is 18.2 Å². The summed E-state index contributed by atoms with van der Waals surface area (Å²) in [5, 5.41) is 5.42. The van der Waals surface area contributed by atoms with Gasteiger partial charge in [0.2, 0.25) is 0 Å². The molecule has 0 aliphatic carbocycles. The fourth-order valence-corrected chi connectivity index (χ4v) is 6.16. The van der Waals surface area contributed by atoms with E-state index in [4.69, 9.17) is 9.26 Å². The van der Waals surface area contributed by atoms with Crippen LogP contribution >= 0.6 is 0 Å². The third-order valence-corrected chi connectivity index (χ3v) is 7.91. The van der Waals surface area contributed by atoms with Crippen LogP contribution in [0.3, 0.4) is 0 Å². The molecule has 224 valence electrons. The Hall–Kier alpha value is -3.67. The van der Waals surface area contributed by atoms with Crippen LogP contribution in [0.5, 0.6) is 5.88 Å². The van der Waals surface area contributed by atoms with E-state index in [0.29, 0.717) is 30.2 Å². The minimum atomic E-state index is -0.225. The maximum absolute atomic E-state index is 13.4. The summed E-state index contributed by atoms with van der Waals surface area (Å²) >= 11 is 0. The zero-order valence-electron chi connectivity index (χ0n) is 26.1. The van der Waals surface area contributed by atoms with Crippen molar-refractivity contribution in [3.8, 4) is 17.7 Å². The summed E-state index contributed by atoms with van der Waals surface area (Å²) in [6, 6.07) is 13.0. The molecule has 0 saturated carbocycles. The van der Waals surface area contributed by atoms with Crippen LogP contribution < -0.4 is 4.74 Å². The van der Waals surface area contributed by atoms with Gasteiger partial charge in [0.1, 0.15) is 12.8 Å². The molecule has 1 aliphatic heterocycles. The van der Waals surface area contributed by atoms with E-state index in [2.05, 4.69) is 59.0 Å². The van der Waals surface area contributed by atoms with Crippen molar-refractivity contribution in [3.05, 3.63) is 59.9 Å². The molecule has 8 heteroatoms. The minimum Gasteiger partial charge on any atom is -0.462 e. The Morgan fingerprint density at radius 1 is 0.857 bits per heavy atom. The maximum Gasteiger partial charge on any atom is 0.261 e. The SMILES string of the molecule is CC(C)(CN1C(=O)c2cccc3cccc(c23)C1=O)C[N+](C)(C)CCCCCC[N+](C)(C)CC#CCOc1ccon1. The number of amides is 2.